The van der Waals surface area contributed by atoms with Crippen molar-refractivity contribution in [2.24, 2.45) is 0 Å². The molecular formula is C23H27F3N8O2. The monoisotopic (exact) mass is 504 g/mol. The lowest BCUT2D eigenvalue weighted by atomic mass is 10.1. The Bertz CT molecular complexity index is 1150. The van der Waals surface area contributed by atoms with Crippen molar-refractivity contribution < 1.29 is 28.2 Å². The van der Waals surface area contributed by atoms with Crippen molar-refractivity contribution in [3.8, 4) is 11.6 Å². The third kappa shape index (κ3) is 7.80. The van der Waals surface area contributed by atoms with E-state index in [9.17, 15) is 18.0 Å². The Kier molecular flexibility index (Phi) is 9.00. The van der Waals surface area contributed by atoms with Gasteiger partial charge >= 0.3 is 12.2 Å². The number of halogens is 3. The third-order valence-electron chi connectivity index (χ3n) is 5.08. The lowest BCUT2D eigenvalue weighted by Gasteiger charge is -2.20. The number of rotatable bonds is 10. The van der Waals surface area contributed by atoms with Gasteiger partial charge in [-0.3, -0.25) is 4.90 Å². The van der Waals surface area contributed by atoms with Crippen LogP contribution >= 0.6 is 0 Å². The Hall–Kier alpha value is -3.94. The summed E-state index contributed by atoms with van der Waals surface area (Å²) < 4.78 is 45.9. The summed E-state index contributed by atoms with van der Waals surface area (Å²) in [4.78, 5) is 22.4. The number of carbonyl (C=O) groups is 1. The number of benzene rings is 2. The van der Waals surface area contributed by atoms with E-state index in [4.69, 9.17) is 10.6 Å². The molecule has 3 aromatic rings. The largest absolute Gasteiger partial charge is 0.445 e. The molecule has 36 heavy (non-hydrogen) atoms. The SMILES string of the molecule is CCN(CC)Cc1cc(NC(=O)Nc2ccc(Oc3cc(N[NH2+][NH-])ncn3)cc2)cc(C(F)(F)F)c1. The van der Waals surface area contributed by atoms with E-state index in [-0.39, 0.29) is 11.6 Å². The highest BCUT2D eigenvalue weighted by molar-refractivity contribution is 5.99. The van der Waals surface area contributed by atoms with Crippen LogP contribution in [-0.4, -0.2) is 34.0 Å². The molecule has 0 saturated heterocycles. The smallest absolute Gasteiger partial charge is 0.416 e. The van der Waals surface area contributed by atoms with E-state index in [1.165, 1.54) is 18.5 Å². The highest BCUT2D eigenvalue weighted by Crippen LogP contribution is 2.32. The quantitative estimate of drug-likeness (QED) is 0.235. The molecule has 192 valence electrons. The number of quaternary nitrogens is 1. The second-order valence-corrected chi connectivity index (χ2v) is 7.61. The first-order valence-electron chi connectivity index (χ1n) is 11.1. The highest BCUT2D eigenvalue weighted by Gasteiger charge is 2.31. The fourth-order valence-corrected chi connectivity index (χ4v) is 3.29. The van der Waals surface area contributed by atoms with Crippen LogP contribution in [0.1, 0.15) is 25.0 Å². The summed E-state index contributed by atoms with van der Waals surface area (Å²) in [6, 6.07) is 10.7. The Labute approximate surface area is 206 Å². The first kappa shape index (κ1) is 26.7. The van der Waals surface area contributed by atoms with Crippen molar-refractivity contribution in [1.29, 1.82) is 0 Å². The zero-order valence-corrected chi connectivity index (χ0v) is 19.7. The van der Waals surface area contributed by atoms with Crippen molar-refractivity contribution in [2.75, 3.05) is 29.1 Å². The standard InChI is InChI=1S/C23H27F3N8O2/c1-3-34(4-2)13-15-9-16(23(24,25)26)11-18(10-15)31-22(35)30-17-5-7-19(8-6-17)36-21-12-20(32-33-27)28-14-29-21/h5-12,14,27H,3-4,13,33H2,1-2H3,(H,28,29,32)(H2,30,31,35). The molecule has 2 amide bonds. The summed E-state index contributed by atoms with van der Waals surface area (Å²) in [7, 11) is 0. The van der Waals surface area contributed by atoms with E-state index >= 15 is 0 Å². The molecule has 0 radical (unpaired) electrons. The van der Waals surface area contributed by atoms with E-state index in [2.05, 4.69) is 26.0 Å². The number of nitrogens with one attached hydrogen (secondary N) is 4. The molecule has 0 fully saturated rings. The number of amides is 2. The van der Waals surface area contributed by atoms with Crippen LogP contribution in [0.15, 0.2) is 54.9 Å². The summed E-state index contributed by atoms with van der Waals surface area (Å²) in [6.45, 7) is 5.57. The van der Waals surface area contributed by atoms with Crippen LogP contribution in [0.5, 0.6) is 11.6 Å². The number of hydrogen-bond donors (Lipinski definition) is 4. The second kappa shape index (κ2) is 12.2. The number of hydrogen-bond acceptors (Lipinski definition) is 6. The minimum Gasteiger partial charge on any atom is -0.445 e. The Morgan fingerprint density at radius 1 is 1.03 bits per heavy atom. The molecular weight excluding hydrogens is 477 g/mol. The third-order valence-corrected chi connectivity index (χ3v) is 5.08. The van der Waals surface area contributed by atoms with Crippen molar-refractivity contribution in [2.45, 2.75) is 26.6 Å². The van der Waals surface area contributed by atoms with Crippen molar-refractivity contribution in [1.82, 2.24) is 14.9 Å². The van der Waals surface area contributed by atoms with Crippen molar-refractivity contribution in [3.63, 3.8) is 0 Å². The fraction of sp³-hybridized carbons (Fsp3) is 0.261. The average molecular weight is 505 g/mol. The zero-order chi connectivity index (χ0) is 26.1. The van der Waals surface area contributed by atoms with Gasteiger partial charge in [-0.25, -0.2) is 20.2 Å². The number of nitrogens with two attached hydrogens (primary N) is 1. The molecule has 0 aliphatic heterocycles. The van der Waals surface area contributed by atoms with E-state index in [0.29, 0.717) is 42.5 Å². The topological polar surface area (TPSA) is 132 Å². The van der Waals surface area contributed by atoms with Crippen molar-refractivity contribution in [3.05, 3.63) is 71.8 Å². The van der Waals surface area contributed by atoms with Gasteiger partial charge in [-0.05, 0) is 61.1 Å². The number of alkyl halides is 3. The predicted octanol–water partition coefficient (Wildman–Crippen LogP) is 4.63. The van der Waals surface area contributed by atoms with Crippen LogP contribution in [-0.2, 0) is 12.7 Å². The van der Waals surface area contributed by atoms with Gasteiger partial charge in [0.25, 0.3) is 0 Å². The Morgan fingerprint density at radius 2 is 1.72 bits per heavy atom. The maximum Gasteiger partial charge on any atom is 0.416 e. The maximum absolute atomic E-state index is 13.4. The highest BCUT2D eigenvalue weighted by atomic mass is 19.4. The molecule has 0 saturated carbocycles. The van der Waals surface area contributed by atoms with Gasteiger partial charge in [0, 0.05) is 24.0 Å². The lowest BCUT2D eigenvalue weighted by molar-refractivity contribution is -0.557. The molecule has 3 rings (SSSR count). The van der Waals surface area contributed by atoms with Crippen LogP contribution < -0.4 is 26.3 Å². The first-order valence-corrected chi connectivity index (χ1v) is 11.1. The number of urea groups is 1. The molecule has 0 spiro atoms. The maximum atomic E-state index is 13.4. The van der Waals surface area contributed by atoms with Gasteiger partial charge in [0.2, 0.25) is 5.88 Å². The van der Waals surface area contributed by atoms with Crippen LogP contribution in [0.2, 0.25) is 0 Å². The molecule has 1 heterocycles. The lowest BCUT2D eigenvalue weighted by Crippen LogP contribution is -2.80. The average Bonchev–Trinajstić information content (AvgIpc) is 2.83. The predicted molar refractivity (Wildman–Crippen MR) is 129 cm³/mol. The second-order valence-electron chi connectivity index (χ2n) is 7.61. The molecule has 0 aliphatic rings. The van der Waals surface area contributed by atoms with Crippen LogP contribution in [0.3, 0.4) is 0 Å². The first-order chi connectivity index (χ1) is 17.2. The summed E-state index contributed by atoms with van der Waals surface area (Å²) in [6.07, 6.45) is -3.26. The van der Waals surface area contributed by atoms with Crippen molar-refractivity contribution >= 4 is 23.2 Å². The molecule has 0 unspecified atom stereocenters. The molecule has 1 aromatic heterocycles. The molecule has 0 atom stereocenters. The molecule has 6 N–H and O–H groups in total. The van der Waals surface area contributed by atoms with Gasteiger partial charge in [-0.15, -0.1) is 0 Å². The number of nitrogens with zero attached hydrogens (tertiary/aromatic N) is 3. The summed E-state index contributed by atoms with van der Waals surface area (Å²) in [5.74, 6) is 8.11. The van der Waals surface area contributed by atoms with Crippen LogP contribution in [0.25, 0.3) is 5.84 Å². The van der Waals surface area contributed by atoms with Gasteiger partial charge < -0.3 is 26.7 Å². The fourth-order valence-electron chi connectivity index (χ4n) is 3.29. The number of ether oxygens (including phenoxy) is 1. The summed E-state index contributed by atoms with van der Waals surface area (Å²) in [5, 5.41) is 5.07. The number of anilines is 3. The molecule has 0 aliphatic carbocycles. The molecule has 10 nitrogen and oxygen atoms in total. The summed E-state index contributed by atoms with van der Waals surface area (Å²) in [5.41, 5.74) is 3.66. The van der Waals surface area contributed by atoms with E-state index in [1.54, 1.807) is 24.3 Å². The summed E-state index contributed by atoms with van der Waals surface area (Å²) >= 11 is 0. The zero-order valence-electron chi connectivity index (χ0n) is 19.7. The number of nitrogen functional groups attached to an aromatic ring is 1. The number of aromatic nitrogens is 2. The Balaban J connectivity index is 1.66. The normalized spacial score (nSPS) is 11.3. The van der Waals surface area contributed by atoms with Gasteiger partial charge in [0.1, 0.15) is 12.1 Å². The number of carbonyl (C=O) groups excluding carboxylic acids is 1. The molecule has 0 bridgehead atoms. The Morgan fingerprint density at radius 3 is 2.36 bits per heavy atom. The minimum absolute atomic E-state index is 0.0440. The van der Waals surface area contributed by atoms with Gasteiger partial charge in [0.05, 0.1) is 5.56 Å². The minimum atomic E-state index is -4.54. The molecule has 13 heteroatoms. The van der Waals surface area contributed by atoms with Gasteiger partial charge in [-0.2, -0.15) is 13.2 Å². The van der Waals surface area contributed by atoms with E-state index in [0.717, 1.165) is 17.7 Å². The van der Waals surface area contributed by atoms with Gasteiger partial charge in [0.15, 0.2) is 5.82 Å². The van der Waals surface area contributed by atoms with Gasteiger partial charge in [-0.1, -0.05) is 13.8 Å². The van der Waals surface area contributed by atoms with Crippen LogP contribution in [0, 0.1) is 0 Å². The molecule has 2 aromatic carbocycles. The van der Waals surface area contributed by atoms with E-state index in [1.807, 2.05) is 18.7 Å². The van der Waals surface area contributed by atoms with E-state index < -0.39 is 17.8 Å². The van der Waals surface area contributed by atoms with Crippen LogP contribution in [0.4, 0.5) is 35.2 Å².